The molecule has 0 aliphatic rings. The normalized spacial score (nSPS) is 11.3. The van der Waals surface area contributed by atoms with Crippen molar-refractivity contribution in [1.29, 1.82) is 0 Å². The first kappa shape index (κ1) is 16.0. The highest BCUT2D eigenvalue weighted by molar-refractivity contribution is 7.80. The van der Waals surface area contributed by atoms with Gasteiger partial charge < -0.3 is 10.1 Å². The number of hydrogen-bond acceptors (Lipinski definition) is 3. The fourth-order valence-electron chi connectivity index (χ4n) is 1.79. The van der Waals surface area contributed by atoms with Crippen molar-refractivity contribution in [2.75, 3.05) is 0 Å². The van der Waals surface area contributed by atoms with Gasteiger partial charge in [-0.15, -0.1) is 0 Å². The van der Waals surface area contributed by atoms with E-state index in [1.165, 1.54) is 0 Å². The van der Waals surface area contributed by atoms with E-state index in [1.54, 1.807) is 19.1 Å². The molecule has 2 aromatic rings. The van der Waals surface area contributed by atoms with Crippen LogP contribution in [0.2, 0.25) is 0 Å². The highest BCUT2D eigenvalue weighted by Gasteiger charge is 2.15. The van der Waals surface area contributed by atoms with E-state index in [0.717, 1.165) is 5.56 Å². The third-order valence-corrected chi connectivity index (χ3v) is 3.20. The summed E-state index contributed by atoms with van der Waals surface area (Å²) in [5.74, 6) is 0.364. The number of carbonyl (C=O) groups excluding carboxylic acids is 1. The van der Waals surface area contributed by atoms with Crippen LogP contribution in [0, 0.1) is 0 Å². The van der Waals surface area contributed by atoms with E-state index in [9.17, 15) is 4.79 Å². The maximum Gasteiger partial charge on any atom is 0.266 e. The number of carbonyl (C=O) groups is 1. The molecule has 0 radical (unpaired) electrons. The minimum absolute atomic E-state index is 0.283. The van der Waals surface area contributed by atoms with Crippen LogP contribution in [0.5, 0.6) is 5.75 Å². The van der Waals surface area contributed by atoms with Crippen LogP contribution in [0.1, 0.15) is 12.5 Å². The topological polar surface area (TPSA) is 50.4 Å². The molecule has 2 aromatic carbocycles. The summed E-state index contributed by atoms with van der Waals surface area (Å²) in [6.07, 6.45) is -0.626. The smallest absolute Gasteiger partial charge is 0.266 e. The van der Waals surface area contributed by atoms with Gasteiger partial charge in [0.05, 0.1) is 0 Å². The molecule has 0 aromatic heterocycles. The third-order valence-electron chi connectivity index (χ3n) is 2.96. The molecule has 0 unspecified atom stereocenters. The van der Waals surface area contributed by atoms with Crippen LogP contribution in [-0.2, 0) is 11.3 Å². The van der Waals surface area contributed by atoms with Gasteiger partial charge in [-0.3, -0.25) is 10.1 Å². The van der Waals surface area contributed by atoms with Gasteiger partial charge in [0.2, 0.25) is 0 Å². The lowest BCUT2D eigenvalue weighted by Gasteiger charge is -2.15. The molecule has 0 spiro atoms. The molecule has 2 N–H and O–H groups in total. The molecule has 0 aliphatic carbocycles. The van der Waals surface area contributed by atoms with E-state index >= 15 is 0 Å². The maximum absolute atomic E-state index is 12.0. The van der Waals surface area contributed by atoms with Crippen molar-refractivity contribution >= 4 is 23.2 Å². The first-order chi connectivity index (χ1) is 10.6. The quantitative estimate of drug-likeness (QED) is 0.833. The van der Waals surface area contributed by atoms with Crippen LogP contribution in [-0.4, -0.2) is 17.1 Å². The average molecular weight is 314 g/mol. The lowest BCUT2D eigenvalue weighted by Crippen LogP contribution is -2.44. The zero-order valence-corrected chi connectivity index (χ0v) is 13.1. The predicted octanol–water partition coefficient (Wildman–Crippen LogP) is 2.64. The molecule has 0 heterocycles. The number of para-hydroxylation sites is 1. The highest BCUT2D eigenvalue weighted by atomic mass is 32.1. The van der Waals surface area contributed by atoms with Gasteiger partial charge in [0, 0.05) is 6.54 Å². The number of ether oxygens (including phenoxy) is 1. The first-order valence-corrected chi connectivity index (χ1v) is 7.40. The van der Waals surface area contributed by atoms with Crippen molar-refractivity contribution in [2.24, 2.45) is 0 Å². The first-order valence-electron chi connectivity index (χ1n) is 6.99. The van der Waals surface area contributed by atoms with Crippen molar-refractivity contribution in [1.82, 2.24) is 10.6 Å². The maximum atomic E-state index is 12.0. The van der Waals surface area contributed by atoms with Crippen LogP contribution in [0.4, 0.5) is 0 Å². The molecular weight excluding hydrogens is 296 g/mol. The van der Waals surface area contributed by atoms with Crippen LogP contribution in [0.25, 0.3) is 0 Å². The molecule has 22 heavy (non-hydrogen) atoms. The van der Waals surface area contributed by atoms with E-state index in [-0.39, 0.29) is 11.0 Å². The number of amides is 1. The molecule has 0 fully saturated rings. The Balaban J connectivity index is 1.77. The van der Waals surface area contributed by atoms with Gasteiger partial charge in [-0.2, -0.15) is 0 Å². The summed E-state index contributed by atoms with van der Waals surface area (Å²) in [6, 6.07) is 19.0. The van der Waals surface area contributed by atoms with Crippen LogP contribution in [0.15, 0.2) is 60.7 Å². The molecule has 2 rings (SSSR count). The van der Waals surface area contributed by atoms with Gasteiger partial charge in [0.1, 0.15) is 5.75 Å². The number of nitrogens with one attached hydrogen (secondary N) is 2. The van der Waals surface area contributed by atoms with E-state index < -0.39 is 6.10 Å². The lowest BCUT2D eigenvalue weighted by molar-refractivity contribution is -0.125. The molecule has 1 amide bonds. The lowest BCUT2D eigenvalue weighted by atomic mass is 10.2. The van der Waals surface area contributed by atoms with Crippen molar-refractivity contribution in [3.05, 3.63) is 66.2 Å². The molecule has 0 aliphatic heterocycles. The Bertz CT molecular complexity index is 617. The van der Waals surface area contributed by atoms with E-state index in [1.807, 2.05) is 48.5 Å². The molecule has 4 nitrogen and oxygen atoms in total. The number of thiocarbonyl (C=S) groups is 1. The largest absolute Gasteiger partial charge is 0.481 e. The second-order valence-corrected chi connectivity index (χ2v) is 5.14. The molecule has 0 saturated heterocycles. The Hall–Kier alpha value is -2.40. The third kappa shape index (κ3) is 5.18. The minimum atomic E-state index is -0.626. The van der Waals surface area contributed by atoms with Crippen LogP contribution < -0.4 is 15.4 Å². The van der Waals surface area contributed by atoms with Gasteiger partial charge >= 0.3 is 0 Å². The van der Waals surface area contributed by atoms with Crippen molar-refractivity contribution in [2.45, 2.75) is 19.6 Å². The second-order valence-electron chi connectivity index (χ2n) is 4.73. The number of benzene rings is 2. The molecule has 5 heteroatoms. The van der Waals surface area contributed by atoms with Gasteiger partial charge in [-0.05, 0) is 36.8 Å². The van der Waals surface area contributed by atoms with Crippen molar-refractivity contribution < 1.29 is 9.53 Å². The van der Waals surface area contributed by atoms with E-state index in [0.29, 0.717) is 12.3 Å². The summed E-state index contributed by atoms with van der Waals surface area (Å²) in [7, 11) is 0. The zero-order valence-electron chi connectivity index (χ0n) is 12.3. The van der Waals surface area contributed by atoms with Gasteiger partial charge in [0.25, 0.3) is 5.91 Å². The fraction of sp³-hybridized carbons (Fsp3) is 0.176. The molecule has 114 valence electrons. The second kappa shape index (κ2) is 8.14. The van der Waals surface area contributed by atoms with Gasteiger partial charge in [-0.1, -0.05) is 48.5 Å². The van der Waals surface area contributed by atoms with Crippen LogP contribution in [0.3, 0.4) is 0 Å². The summed E-state index contributed by atoms with van der Waals surface area (Å²) in [5, 5.41) is 5.91. The summed E-state index contributed by atoms with van der Waals surface area (Å²) < 4.78 is 5.54. The summed E-state index contributed by atoms with van der Waals surface area (Å²) in [4.78, 5) is 12.0. The molecule has 0 saturated carbocycles. The average Bonchev–Trinajstić information content (AvgIpc) is 2.55. The summed E-state index contributed by atoms with van der Waals surface area (Å²) in [6.45, 7) is 2.25. The van der Waals surface area contributed by atoms with Crippen molar-refractivity contribution in [3.8, 4) is 5.75 Å². The van der Waals surface area contributed by atoms with Crippen molar-refractivity contribution in [3.63, 3.8) is 0 Å². The fourth-order valence-corrected chi connectivity index (χ4v) is 1.97. The molecular formula is C17H18N2O2S. The highest BCUT2D eigenvalue weighted by Crippen LogP contribution is 2.10. The van der Waals surface area contributed by atoms with Gasteiger partial charge in [-0.25, -0.2) is 0 Å². The Labute approximate surface area is 135 Å². The number of hydrogen-bond donors (Lipinski definition) is 2. The Morgan fingerprint density at radius 1 is 1.09 bits per heavy atom. The SMILES string of the molecule is C[C@H](Oc1ccccc1)C(=O)NC(=S)NCc1ccccc1. The predicted molar refractivity (Wildman–Crippen MR) is 90.6 cm³/mol. The summed E-state index contributed by atoms with van der Waals surface area (Å²) >= 11 is 5.11. The summed E-state index contributed by atoms with van der Waals surface area (Å²) in [5.41, 5.74) is 1.09. The van der Waals surface area contributed by atoms with E-state index in [4.69, 9.17) is 17.0 Å². The van der Waals surface area contributed by atoms with Crippen LogP contribution >= 0.6 is 12.2 Å². The van der Waals surface area contributed by atoms with Gasteiger partial charge in [0.15, 0.2) is 11.2 Å². The van der Waals surface area contributed by atoms with E-state index in [2.05, 4.69) is 10.6 Å². The Morgan fingerprint density at radius 3 is 2.32 bits per heavy atom. The Kier molecular flexibility index (Phi) is 5.91. The monoisotopic (exact) mass is 314 g/mol. The minimum Gasteiger partial charge on any atom is -0.481 e. The number of rotatable bonds is 5. The zero-order chi connectivity index (χ0) is 15.8. The Morgan fingerprint density at radius 2 is 1.68 bits per heavy atom. The molecule has 0 bridgehead atoms. The molecule has 1 atom stereocenters. The standard InChI is InChI=1S/C17H18N2O2S/c1-13(21-15-10-6-3-7-11-15)16(20)19-17(22)18-12-14-8-4-2-5-9-14/h2-11,13H,12H2,1H3,(H2,18,19,20,22)/t13-/m0/s1.